The standard InChI is InChI=1S/C14H14FNO2/c1-3-9(2)13(17)12(15)14(18)11-6-4-10(8-16)5-7-11/h4-7,9,12H,3H2,1-2H3. The molecule has 0 bridgehead atoms. The minimum atomic E-state index is -2.12. The largest absolute Gasteiger partial charge is 0.296 e. The van der Waals surface area contributed by atoms with E-state index in [0.717, 1.165) is 0 Å². The predicted molar refractivity (Wildman–Crippen MR) is 64.8 cm³/mol. The summed E-state index contributed by atoms with van der Waals surface area (Å²) in [6.45, 7) is 3.36. The van der Waals surface area contributed by atoms with Gasteiger partial charge in [0, 0.05) is 11.5 Å². The van der Waals surface area contributed by atoms with E-state index in [4.69, 9.17) is 5.26 Å². The van der Waals surface area contributed by atoms with E-state index < -0.39 is 23.7 Å². The van der Waals surface area contributed by atoms with E-state index in [0.29, 0.717) is 12.0 Å². The van der Waals surface area contributed by atoms with Crippen LogP contribution >= 0.6 is 0 Å². The van der Waals surface area contributed by atoms with E-state index in [2.05, 4.69) is 0 Å². The molecule has 0 aliphatic heterocycles. The molecule has 0 saturated heterocycles. The first-order valence-electron chi connectivity index (χ1n) is 5.73. The molecule has 0 N–H and O–H groups in total. The maximum atomic E-state index is 13.7. The number of hydrogen-bond donors (Lipinski definition) is 0. The highest BCUT2D eigenvalue weighted by atomic mass is 19.1. The Morgan fingerprint density at radius 2 is 1.89 bits per heavy atom. The van der Waals surface area contributed by atoms with Gasteiger partial charge in [-0.25, -0.2) is 4.39 Å². The molecule has 2 unspecified atom stereocenters. The van der Waals surface area contributed by atoms with Crippen molar-refractivity contribution < 1.29 is 14.0 Å². The van der Waals surface area contributed by atoms with Crippen LogP contribution in [0.15, 0.2) is 24.3 Å². The Balaban J connectivity index is 2.86. The number of rotatable bonds is 5. The van der Waals surface area contributed by atoms with Gasteiger partial charge in [0.2, 0.25) is 12.0 Å². The van der Waals surface area contributed by atoms with E-state index in [1.165, 1.54) is 24.3 Å². The maximum absolute atomic E-state index is 13.7. The van der Waals surface area contributed by atoms with Crippen LogP contribution in [0.5, 0.6) is 0 Å². The molecule has 2 atom stereocenters. The summed E-state index contributed by atoms with van der Waals surface area (Å²) in [6.07, 6.45) is -1.62. The molecule has 0 amide bonds. The smallest absolute Gasteiger partial charge is 0.221 e. The summed E-state index contributed by atoms with van der Waals surface area (Å²) in [6, 6.07) is 7.47. The van der Waals surface area contributed by atoms with E-state index >= 15 is 0 Å². The van der Waals surface area contributed by atoms with Gasteiger partial charge >= 0.3 is 0 Å². The Morgan fingerprint density at radius 3 is 2.33 bits per heavy atom. The highest BCUT2D eigenvalue weighted by Crippen LogP contribution is 2.14. The molecular formula is C14H14FNO2. The monoisotopic (exact) mass is 247 g/mol. The fourth-order valence-electron chi connectivity index (χ4n) is 1.44. The molecule has 0 saturated carbocycles. The van der Waals surface area contributed by atoms with Crippen molar-refractivity contribution in [1.82, 2.24) is 0 Å². The highest BCUT2D eigenvalue weighted by molar-refractivity contribution is 6.13. The Labute approximate surface area is 105 Å². The third-order valence-corrected chi connectivity index (χ3v) is 2.88. The van der Waals surface area contributed by atoms with Gasteiger partial charge in [-0.05, 0) is 30.7 Å². The zero-order chi connectivity index (χ0) is 13.7. The second-order valence-electron chi connectivity index (χ2n) is 4.13. The number of nitriles is 1. The number of benzene rings is 1. The van der Waals surface area contributed by atoms with Crippen LogP contribution in [0.4, 0.5) is 4.39 Å². The zero-order valence-corrected chi connectivity index (χ0v) is 10.3. The van der Waals surface area contributed by atoms with Crippen LogP contribution in [0.25, 0.3) is 0 Å². The van der Waals surface area contributed by atoms with Crippen LogP contribution in [0.1, 0.15) is 36.2 Å². The van der Waals surface area contributed by atoms with E-state index in [9.17, 15) is 14.0 Å². The molecular weight excluding hydrogens is 233 g/mol. The number of carbonyl (C=O) groups excluding carboxylic acids is 2. The summed E-state index contributed by atoms with van der Waals surface area (Å²) in [7, 11) is 0. The molecule has 1 aromatic carbocycles. The number of hydrogen-bond acceptors (Lipinski definition) is 3. The number of alkyl halides is 1. The lowest BCUT2D eigenvalue weighted by Gasteiger charge is -2.11. The van der Waals surface area contributed by atoms with Crippen LogP contribution in [0.2, 0.25) is 0 Å². The van der Waals surface area contributed by atoms with Crippen molar-refractivity contribution >= 4 is 11.6 Å². The first-order chi connectivity index (χ1) is 8.51. The Bertz CT molecular complexity index is 488. The Kier molecular flexibility index (Phi) is 4.73. The highest BCUT2D eigenvalue weighted by Gasteiger charge is 2.29. The molecule has 0 aromatic heterocycles. The van der Waals surface area contributed by atoms with Gasteiger partial charge < -0.3 is 0 Å². The average molecular weight is 247 g/mol. The second-order valence-corrected chi connectivity index (χ2v) is 4.13. The van der Waals surface area contributed by atoms with Crippen molar-refractivity contribution in [3.8, 4) is 6.07 Å². The number of carbonyl (C=O) groups is 2. The molecule has 1 rings (SSSR count). The zero-order valence-electron chi connectivity index (χ0n) is 10.3. The lowest BCUT2D eigenvalue weighted by atomic mass is 9.95. The molecule has 3 nitrogen and oxygen atoms in total. The molecule has 1 aromatic rings. The predicted octanol–water partition coefficient (Wildman–Crippen LogP) is 2.69. The van der Waals surface area contributed by atoms with Gasteiger partial charge in [0.15, 0.2) is 5.78 Å². The molecule has 94 valence electrons. The van der Waals surface area contributed by atoms with Gasteiger partial charge in [-0.1, -0.05) is 13.8 Å². The molecule has 0 spiro atoms. The molecule has 4 heteroatoms. The van der Waals surface area contributed by atoms with Gasteiger partial charge in [-0.3, -0.25) is 9.59 Å². The summed E-state index contributed by atoms with van der Waals surface area (Å²) in [5, 5.41) is 8.61. The topological polar surface area (TPSA) is 57.9 Å². The number of ketones is 2. The van der Waals surface area contributed by atoms with Crippen molar-refractivity contribution in [2.75, 3.05) is 0 Å². The third kappa shape index (κ3) is 3.01. The van der Waals surface area contributed by atoms with Crippen molar-refractivity contribution in [2.45, 2.75) is 26.4 Å². The SMILES string of the molecule is CCC(C)C(=O)C(F)C(=O)c1ccc(C#N)cc1. The van der Waals surface area contributed by atoms with Crippen molar-refractivity contribution in [3.05, 3.63) is 35.4 Å². The normalized spacial score (nSPS) is 13.4. The minimum Gasteiger partial charge on any atom is -0.296 e. The summed E-state index contributed by atoms with van der Waals surface area (Å²) in [5.74, 6) is -2.00. The third-order valence-electron chi connectivity index (χ3n) is 2.88. The Hall–Kier alpha value is -2.02. The summed E-state index contributed by atoms with van der Waals surface area (Å²) in [4.78, 5) is 23.3. The number of Topliss-reactive ketones (excluding diaryl/α,β-unsaturated/α-hetero) is 2. The van der Waals surface area contributed by atoms with Gasteiger partial charge in [-0.15, -0.1) is 0 Å². The first-order valence-corrected chi connectivity index (χ1v) is 5.73. The van der Waals surface area contributed by atoms with Gasteiger partial charge in [0.05, 0.1) is 11.6 Å². The molecule has 0 aliphatic carbocycles. The van der Waals surface area contributed by atoms with Crippen LogP contribution in [-0.4, -0.2) is 17.7 Å². The summed E-state index contributed by atoms with van der Waals surface area (Å²) < 4.78 is 13.7. The summed E-state index contributed by atoms with van der Waals surface area (Å²) in [5.41, 5.74) is 0.494. The van der Waals surface area contributed by atoms with Gasteiger partial charge in [0.1, 0.15) is 0 Å². The van der Waals surface area contributed by atoms with E-state index in [1.807, 2.05) is 6.07 Å². The lowest BCUT2D eigenvalue weighted by Crippen LogP contribution is -2.30. The van der Waals surface area contributed by atoms with Crippen LogP contribution in [0.3, 0.4) is 0 Å². The lowest BCUT2D eigenvalue weighted by molar-refractivity contribution is -0.125. The van der Waals surface area contributed by atoms with Crippen molar-refractivity contribution in [2.24, 2.45) is 5.92 Å². The van der Waals surface area contributed by atoms with Crippen LogP contribution in [0, 0.1) is 17.2 Å². The molecule has 0 radical (unpaired) electrons. The molecule has 0 fully saturated rings. The molecule has 18 heavy (non-hydrogen) atoms. The maximum Gasteiger partial charge on any atom is 0.221 e. The molecule has 0 heterocycles. The minimum absolute atomic E-state index is 0.109. The Morgan fingerprint density at radius 1 is 1.33 bits per heavy atom. The first kappa shape index (κ1) is 14.0. The van der Waals surface area contributed by atoms with E-state index in [1.54, 1.807) is 13.8 Å². The van der Waals surface area contributed by atoms with Gasteiger partial charge in [-0.2, -0.15) is 5.26 Å². The fourth-order valence-corrected chi connectivity index (χ4v) is 1.44. The average Bonchev–Trinajstić information content (AvgIpc) is 2.44. The molecule has 0 aliphatic rings. The van der Waals surface area contributed by atoms with Crippen LogP contribution in [-0.2, 0) is 4.79 Å². The second kappa shape index (κ2) is 6.06. The fraction of sp³-hybridized carbons (Fsp3) is 0.357. The number of halogens is 1. The van der Waals surface area contributed by atoms with Crippen molar-refractivity contribution in [3.63, 3.8) is 0 Å². The summed E-state index contributed by atoms with van der Waals surface area (Å²) >= 11 is 0. The van der Waals surface area contributed by atoms with E-state index in [-0.39, 0.29) is 5.56 Å². The van der Waals surface area contributed by atoms with Gasteiger partial charge in [0.25, 0.3) is 0 Å². The van der Waals surface area contributed by atoms with Crippen molar-refractivity contribution in [1.29, 1.82) is 5.26 Å². The number of nitrogens with zero attached hydrogens (tertiary/aromatic N) is 1. The quantitative estimate of drug-likeness (QED) is 0.593. The van der Waals surface area contributed by atoms with Crippen LogP contribution < -0.4 is 0 Å².